The lowest BCUT2D eigenvalue weighted by Gasteiger charge is -2.30. The highest BCUT2D eigenvalue weighted by atomic mass is 32.1. The molecule has 0 atom stereocenters. The topological polar surface area (TPSA) is 21.6 Å². The van der Waals surface area contributed by atoms with Crippen LogP contribution in [0.2, 0.25) is 0 Å². The van der Waals surface area contributed by atoms with Gasteiger partial charge in [-0.1, -0.05) is 6.07 Å². The predicted molar refractivity (Wildman–Crippen MR) is 62.6 cm³/mol. The molecule has 0 bridgehead atoms. The second-order valence-corrected chi connectivity index (χ2v) is 3.93. The van der Waals surface area contributed by atoms with Gasteiger partial charge in [-0.05, 0) is 24.4 Å². The van der Waals surface area contributed by atoms with E-state index in [1.54, 1.807) is 0 Å². The smallest absolute Gasteiger partial charge is 0.435 e. The third kappa shape index (κ3) is 3.01. The first-order valence-electron chi connectivity index (χ1n) is 5.07. The Morgan fingerprint density at radius 3 is 1.95 bits per heavy atom. The number of methoxy groups -OCH3 is 1. The zero-order valence-electron chi connectivity index (χ0n) is 10.1. The molecule has 0 aliphatic rings. The van der Waals surface area contributed by atoms with Gasteiger partial charge < -0.3 is 4.74 Å². The van der Waals surface area contributed by atoms with Crippen molar-refractivity contribution in [2.24, 2.45) is 4.99 Å². The van der Waals surface area contributed by atoms with Gasteiger partial charge in [-0.2, -0.15) is 31.3 Å². The lowest BCUT2D eigenvalue weighted by Crippen LogP contribution is -2.50. The van der Waals surface area contributed by atoms with E-state index in [4.69, 9.17) is 0 Å². The predicted octanol–water partition coefficient (Wildman–Crippen LogP) is 4.72. The molecule has 1 rings (SSSR count). The Morgan fingerprint density at radius 1 is 1.05 bits per heavy atom. The minimum Gasteiger partial charge on any atom is -0.494 e. The number of hydrogen-bond donors (Lipinski definition) is 0. The van der Waals surface area contributed by atoms with E-state index in [9.17, 15) is 30.7 Å². The van der Waals surface area contributed by atoms with E-state index in [0.717, 1.165) is 13.2 Å². The molecule has 0 radical (unpaired) electrons. The average molecular weight is 333 g/mol. The van der Waals surface area contributed by atoms with Crippen molar-refractivity contribution in [1.29, 1.82) is 0 Å². The van der Waals surface area contributed by atoms with E-state index >= 15 is 0 Å². The van der Waals surface area contributed by atoms with Gasteiger partial charge in [0.2, 0.25) is 0 Å². The van der Waals surface area contributed by atoms with Crippen molar-refractivity contribution in [1.82, 2.24) is 0 Å². The number of halogens is 7. The molecule has 116 valence electrons. The number of alkyl halides is 7. The molecule has 0 fully saturated rings. The number of benzene rings is 1. The van der Waals surface area contributed by atoms with Crippen LogP contribution < -0.4 is 4.74 Å². The molecule has 0 saturated carbocycles. The van der Waals surface area contributed by atoms with Gasteiger partial charge in [-0.15, -0.1) is 0 Å². The van der Waals surface area contributed by atoms with Crippen LogP contribution in [-0.2, 0) is 5.67 Å². The lowest BCUT2D eigenvalue weighted by atomic mass is 9.93. The van der Waals surface area contributed by atoms with Crippen LogP contribution in [0.4, 0.5) is 36.4 Å². The van der Waals surface area contributed by atoms with Crippen LogP contribution in [0, 0.1) is 0 Å². The second kappa shape index (κ2) is 5.61. The molecule has 21 heavy (non-hydrogen) atoms. The Kier molecular flexibility index (Phi) is 4.64. The van der Waals surface area contributed by atoms with Crippen molar-refractivity contribution >= 4 is 23.1 Å². The van der Waals surface area contributed by atoms with Crippen molar-refractivity contribution < 1.29 is 35.5 Å². The van der Waals surface area contributed by atoms with Crippen LogP contribution in [0.5, 0.6) is 5.75 Å². The highest BCUT2D eigenvalue weighted by Gasteiger charge is 2.73. The Labute approximate surface area is 119 Å². The molecule has 0 aliphatic heterocycles. The molecule has 0 saturated heterocycles. The Bertz CT molecular complexity index is 561. The minimum atomic E-state index is -6.19. The van der Waals surface area contributed by atoms with Gasteiger partial charge in [0.1, 0.15) is 11.4 Å². The first-order valence-corrected chi connectivity index (χ1v) is 5.48. The number of rotatable bonds is 3. The molecule has 0 heterocycles. The van der Waals surface area contributed by atoms with Crippen LogP contribution in [0.15, 0.2) is 23.2 Å². The highest BCUT2D eigenvalue weighted by Crippen LogP contribution is 2.54. The zero-order chi connectivity index (χ0) is 16.5. The van der Waals surface area contributed by atoms with Crippen molar-refractivity contribution in [3.63, 3.8) is 0 Å². The summed E-state index contributed by atoms with van der Waals surface area (Å²) in [6.45, 7) is 0. The SMILES string of the molecule is COc1cc(C(F)(C(F)(F)F)C(F)(F)F)ccc1N=C=S. The van der Waals surface area contributed by atoms with Gasteiger partial charge in [-0.25, -0.2) is 4.39 Å². The third-order valence-electron chi connectivity index (χ3n) is 2.52. The maximum absolute atomic E-state index is 13.8. The molecule has 0 spiro atoms. The molecule has 0 aliphatic carbocycles. The number of ether oxygens (including phenoxy) is 1. The van der Waals surface area contributed by atoms with Gasteiger partial charge >= 0.3 is 18.0 Å². The first-order chi connectivity index (χ1) is 9.49. The Morgan fingerprint density at radius 2 is 1.57 bits per heavy atom. The summed E-state index contributed by atoms with van der Waals surface area (Å²) in [7, 11) is 0.975. The maximum Gasteiger partial charge on any atom is 0.435 e. The average Bonchev–Trinajstić information content (AvgIpc) is 2.36. The van der Waals surface area contributed by atoms with E-state index in [0.29, 0.717) is 6.07 Å². The standard InChI is InChI=1S/C11H6F7NOS/c1-20-8-4-6(2-3-7(8)19-5-21)9(12,10(13,14)15)11(16,17)18/h2-4H,1H3. The molecule has 1 aromatic carbocycles. The Balaban J connectivity index is 3.59. The van der Waals surface area contributed by atoms with Crippen molar-refractivity contribution in [3.8, 4) is 5.75 Å². The fraction of sp³-hybridized carbons (Fsp3) is 0.364. The van der Waals surface area contributed by atoms with E-state index in [1.165, 1.54) is 0 Å². The van der Waals surface area contributed by atoms with E-state index in [1.807, 2.05) is 5.16 Å². The molecular weight excluding hydrogens is 327 g/mol. The van der Waals surface area contributed by atoms with Crippen molar-refractivity contribution in [3.05, 3.63) is 23.8 Å². The monoisotopic (exact) mass is 333 g/mol. The van der Waals surface area contributed by atoms with Crippen LogP contribution >= 0.6 is 12.2 Å². The van der Waals surface area contributed by atoms with E-state index in [-0.39, 0.29) is 11.8 Å². The summed E-state index contributed by atoms with van der Waals surface area (Å²) in [5.41, 5.74) is -7.36. The summed E-state index contributed by atoms with van der Waals surface area (Å²) in [5, 5.41) is 1.87. The van der Waals surface area contributed by atoms with Gasteiger partial charge in [0.15, 0.2) is 0 Å². The first kappa shape index (κ1) is 17.4. The van der Waals surface area contributed by atoms with E-state index < -0.39 is 29.3 Å². The Hall–Kier alpha value is -1.67. The quantitative estimate of drug-likeness (QED) is 0.454. The van der Waals surface area contributed by atoms with Crippen LogP contribution in [0.1, 0.15) is 5.56 Å². The number of hydrogen-bond acceptors (Lipinski definition) is 3. The molecule has 0 aromatic heterocycles. The number of aliphatic imine (C=N–C) groups is 1. The number of thiocarbonyl (C=S) groups is 1. The highest BCUT2D eigenvalue weighted by molar-refractivity contribution is 7.78. The summed E-state index contributed by atoms with van der Waals surface area (Å²) in [6, 6.07) is 1.31. The lowest BCUT2D eigenvalue weighted by molar-refractivity contribution is -0.348. The van der Waals surface area contributed by atoms with Crippen molar-refractivity contribution in [2.45, 2.75) is 18.0 Å². The summed E-state index contributed by atoms with van der Waals surface area (Å²) >= 11 is 4.26. The van der Waals surface area contributed by atoms with E-state index in [2.05, 4.69) is 21.9 Å². The van der Waals surface area contributed by atoms with Crippen LogP contribution in [-0.4, -0.2) is 24.6 Å². The van der Waals surface area contributed by atoms with Gasteiger partial charge in [0, 0.05) is 5.56 Å². The molecular formula is C11H6F7NOS. The molecule has 2 nitrogen and oxygen atoms in total. The fourth-order valence-electron chi connectivity index (χ4n) is 1.52. The molecule has 1 aromatic rings. The summed E-state index contributed by atoms with van der Waals surface area (Å²) in [5.74, 6) is -0.500. The minimum absolute atomic E-state index is 0.178. The zero-order valence-corrected chi connectivity index (χ0v) is 11.0. The third-order valence-corrected chi connectivity index (χ3v) is 2.62. The number of isothiocyanates is 1. The molecule has 0 N–H and O–H groups in total. The normalized spacial score (nSPS) is 12.8. The molecule has 0 amide bonds. The summed E-state index contributed by atoms with van der Waals surface area (Å²) in [4.78, 5) is 3.38. The van der Waals surface area contributed by atoms with Crippen LogP contribution in [0.25, 0.3) is 0 Å². The van der Waals surface area contributed by atoms with Gasteiger partial charge in [-0.3, -0.25) is 0 Å². The maximum atomic E-state index is 13.8. The van der Waals surface area contributed by atoms with Crippen LogP contribution in [0.3, 0.4) is 0 Å². The van der Waals surface area contributed by atoms with Crippen molar-refractivity contribution in [2.75, 3.05) is 7.11 Å². The summed E-state index contributed by atoms with van der Waals surface area (Å²) in [6.07, 6.45) is -12.4. The fourth-order valence-corrected chi connectivity index (χ4v) is 1.62. The molecule has 10 heteroatoms. The molecule has 0 unspecified atom stereocenters. The largest absolute Gasteiger partial charge is 0.494 e. The van der Waals surface area contributed by atoms with Gasteiger partial charge in [0.05, 0.1) is 12.3 Å². The summed E-state index contributed by atoms with van der Waals surface area (Å²) < 4.78 is 93.9. The van der Waals surface area contributed by atoms with Gasteiger partial charge in [0.25, 0.3) is 0 Å². The number of nitrogens with zero attached hydrogens (tertiary/aromatic N) is 1. The second-order valence-electron chi connectivity index (χ2n) is 3.74.